The number of amides is 3. The number of anilines is 3. The van der Waals surface area contributed by atoms with Gasteiger partial charge in [-0.2, -0.15) is 0 Å². The molecular formula is C76H73N19O4. The van der Waals surface area contributed by atoms with Gasteiger partial charge in [0.15, 0.2) is 0 Å². The van der Waals surface area contributed by atoms with E-state index in [0.29, 0.717) is 49.2 Å². The largest absolute Gasteiger partial charge is 0.497 e. The number of carbonyl (C=O) groups excluding carboxylic acids is 3. The van der Waals surface area contributed by atoms with Crippen LogP contribution in [-0.2, 0) is 4.79 Å². The maximum Gasteiger partial charge on any atom is 0.256 e. The van der Waals surface area contributed by atoms with Crippen LogP contribution in [-0.4, -0.2) is 142 Å². The summed E-state index contributed by atoms with van der Waals surface area (Å²) >= 11 is 0. The second-order valence-electron chi connectivity index (χ2n) is 25.7. The van der Waals surface area contributed by atoms with E-state index < -0.39 is 0 Å². The zero-order chi connectivity index (χ0) is 67.4. The van der Waals surface area contributed by atoms with E-state index in [1.165, 1.54) is 0 Å². The molecule has 10 N–H and O–H groups in total. The average molecular weight is 1320 g/mol. The van der Waals surface area contributed by atoms with E-state index in [1.54, 1.807) is 32.6 Å². The highest BCUT2D eigenvalue weighted by molar-refractivity contribution is 6.07. The Hall–Kier alpha value is -12.3. The Bertz CT molecular complexity index is 5430. The third-order valence-electron chi connectivity index (χ3n) is 19.9. The molecule has 3 amide bonds. The van der Waals surface area contributed by atoms with Crippen LogP contribution in [0.1, 0.15) is 101 Å². The SMILES string of the molecule is CC(=O)N1CCC(c2nc(-c3cc4ccccc4[nH]3)c3c(N)nccn23)CC1.COc1ccc(C(=O)N2CCC(c3nc(-c4cc5ccccc5[nH]4)c4c(N)nccn34)CC2)cc1.Nc1nccn2c(C3CCN(C(=O)c4c[nH]c5ccccc45)CC3)nc(-c3cc4ccccc4[nH]3)c12. The molecule has 0 bridgehead atoms. The van der Waals surface area contributed by atoms with Crippen LogP contribution in [0.4, 0.5) is 17.5 Å². The number of H-pyrrole nitrogens is 4. The van der Waals surface area contributed by atoms with Crippen LogP contribution in [0.2, 0.25) is 0 Å². The van der Waals surface area contributed by atoms with Crippen LogP contribution in [0.25, 0.3) is 94.3 Å². The molecule has 3 aliphatic heterocycles. The van der Waals surface area contributed by atoms with Gasteiger partial charge in [0, 0.05) is 156 Å². The van der Waals surface area contributed by atoms with Crippen LogP contribution < -0.4 is 21.9 Å². The molecule has 99 heavy (non-hydrogen) atoms. The number of nitrogens with two attached hydrogens (primary N) is 3. The second-order valence-corrected chi connectivity index (χ2v) is 25.7. The van der Waals surface area contributed by atoms with Crippen molar-refractivity contribution in [1.82, 2.24) is 77.7 Å². The average Bonchev–Trinajstić information content (AvgIpc) is 1.62. The Labute approximate surface area is 567 Å². The van der Waals surface area contributed by atoms with Crippen molar-refractivity contribution in [2.75, 3.05) is 63.6 Å². The number of nitrogens with one attached hydrogen (secondary N) is 4. The number of nitrogen functional groups attached to an aromatic ring is 3. The number of rotatable bonds is 9. The number of methoxy groups -OCH3 is 1. The lowest BCUT2D eigenvalue weighted by Crippen LogP contribution is -2.38. The Morgan fingerprint density at radius 1 is 0.455 bits per heavy atom. The quantitative estimate of drug-likeness (QED) is 0.0708. The highest BCUT2D eigenvalue weighted by atomic mass is 16.5. The van der Waals surface area contributed by atoms with Crippen molar-refractivity contribution < 1.29 is 19.1 Å². The van der Waals surface area contributed by atoms with Crippen LogP contribution in [0.5, 0.6) is 5.75 Å². The number of para-hydroxylation sites is 4. The van der Waals surface area contributed by atoms with E-state index in [2.05, 4.69) is 103 Å². The molecule has 15 aromatic rings. The minimum absolute atomic E-state index is 0.0475. The number of hydrogen-bond donors (Lipinski definition) is 7. The maximum absolute atomic E-state index is 13.3. The lowest BCUT2D eigenvalue weighted by molar-refractivity contribution is -0.129. The zero-order valence-corrected chi connectivity index (χ0v) is 54.8. The van der Waals surface area contributed by atoms with Crippen molar-refractivity contribution in [1.29, 1.82) is 0 Å². The molecule has 23 heteroatoms. The lowest BCUT2D eigenvalue weighted by Gasteiger charge is -2.31. The Morgan fingerprint density at radius 3 is 1.20 bits per heavy atom. The van der Waals surface area contributed by atoms with E-state index in [4.69, 9.17) is 36.9 Å². The van der Waals surface area contributed by atoms with Crippen LogP contribution >= 0.6 is 0 Å². The van der Waals surface area contributed by atoms with Gasteiger partial charge in [0.2, 0.25) is 5.91 Å². The molecule has 0 atom stereocenters. The molecule has 0 spiro atoms. The molecule has 18 rings (SSSR count). The first kappa shape index (κ1) is 61.6. The fraction of sp³-hybridized carbons (Fsp3) is 0.224. The van der Waals surface area contributed by atoms with Gasteiger partial charge in [-0.25, -0.2) is 29.9 Å². The molecule has 0 radical (unpaired) electrons. The maximum atomic E-state index is 13.3. The molecule has 3 aliphatic rings. The fourth-order valence-electron chi connectivity index (χ4n) is 14.8. The summed E-state index contributed by atoms with van der Waals surface area (Å²) in [7, 11) is 1.62. The van der Waals surface area contributed by atoms with Crippen LogP contribution in [0.15, 0.2) is 183 Å². The number of aromatic amines is 4. The number of likely N-dealkylation sites (tertiary alicyclic amines) is 3. The van der Waals surface area contributed by atoms with Crippen molar-refractivity contribution in [3.8, 4) is 39.9 Å². The van der Waals surface area contributed by atoms with Crippen molar-refractivity contribution >= 4 is 95.3 Å². The Balaban J connectivity index is 0.000000117. The third-order valence-corrected chi connectivity index (χ3v) is 19.9. The normalized spacial score (nSPS) is 14.9. The molecule has 0 saturated carbocycles. The van der Waals surface area contributed by atoms with E-state index in [-0.39, 0.29) is 35.5 Å². The molecule has 496 valence electrons. The van der Waals surface area contributed by atoms with Gasteiger partial charge in [-0.1, -0.05) is 72.8 Å². The molecule has 3 saturated heterocycles. The van der Waals surface area contributed by atoms with Gasteiger partial charge in [0.1, 0.15) is 74.3 Å². The summed E-state index contributed by atoms with van der Waals surface area (Å²) in [5.74, 6) is 5.99. The van der Waals surface area contributed by atoms with Gasteiger partial charge in [-0.05, 0) is 105 Å². The number of carbonyl (C=O) groups is 3. The summed E-state index contributed by atoms with van der Waals surface area (Å²) in [5, 5.41) is 4.35. The van der Waals surface area contributed by atoms with Gasteiger partial charge < -0.3 is 56.6 Å². The van der Waals surface area contributed by atoms with Gasteiger partial charge in [0.05, 0.1) is 29.8 Å². The molecule has 0 unspecified atom stereocenters. The predicted octanol–water partition coefficient (Wildman–Crippen LogP) is 12.6. The summed E-state index contributed by atoms with van der Waals surface area (Å²) in [6, 6.07) is 46.0. The van der Waals surface area contributed by atoms with Crippen molar-refractivity contribution in [3.05, 3.63) is 212 Å². The number of hydrogen-bond acceptors (Lipinski definition) is 13. The minimum atomic E-state index is 0.0475. The molecule has 3 fully saturated rings. The molecule has 5 aromatic carbocycles. The number of piperidine rings is 3. The van der Waals surface area contributed by atoms with Gasteiger partial charge in [0.25, 0.3) is 11.8 Å². The van der Waals surface area contributed by atoms with E-state index in [0.717, 1.165) is 175 Å². The van der Waals surface area contributed by atoms with Crippen molar-refractivity contribution in [2.45, 2.75) is 63.2 Å². The van der Waals surface area contributed by atoms with Gasteiger partial charge in [-0.15, -0.1) is 0 Å². The van der Waals surface area contributed by atoms with Crippen molar-refractivity contribution in [2.24, 2.45) is 0 Å². The van der Waals surface area contributed by atoms with Gasteiger partial charge in [-0.3, -0.25) is 27.6 Å². The summed E-state index contributed by atoms with van der Waals surface area (Å²) in [6.45, 7) is 5.86. The number of fused-ring (bicyclic) bond motifs is 7. The Morgan fingerprint density at radius 2 is 0.818 bits per heavy atom. The topological polar surface area (TPSA) is 302 Å². The summed E-state index contributed by atoms with van der Waals surface area (Å²) in [5.41, 5.74) is 32.2. The van der Waals surface area contributed by atoms with E-state index >= 15 is 0 Å². The number of imidazole rings is 3. The molecular weight excluding hydrogens is 1240 g/mol. The first-order chi connectivity index (χ1) is 48.4. The number of nitrogens with zero attached hydrogens (tertiary/aromatic N) is 12. The smallest absolute Gasteiger partial charge is 0.256 e. The molecule has 23 nitrogen and oxygen atoms in total. The van der Waals surface area contributed by atoms with E-state index in [9.17, 15) is 14.4 Å². The molecule has 13 heterocycles. The fourth-order valence-corrected chi connectivity index (χ4v) is 14.8. The summed E-state index contributed by atoms with van der Waals surface area (Å²) < 4.78 is 11.4. The van der Waals surface area contributed by atoms with Crippen LogP contribution in [0.3, 0.4) is 0 Å². The third kappa shape index (κ3) is 11.5. The monoisotopic (exact) mass is 1320 g/mol. The van der Waals surface area contributed by atoms with Gasteiger partial charge >= 0.3 is 0 Å². The molecule has 10 aromatic heterocycles. The second kappa shape index (κ2) is 25.7. The highest BCUT2D eigenvalue weighted by Gasteiger charge is 2.33. The van der Waals surface area contributed by atoms with E-state index in [1.807, 2.05) is 124 Å². The summed E-state index contributed by atoms with van der Waals surface area (Å²) in [4.78, 5) is 85.5. The van der Waals surface area contributed by atoms with Crippen LogP contribution in [0, 0.1) is 0 Å². The number of aromatic nitrogens is 13. The standard InChI is InChI=1S/C28H25N7O.C27H26N6O2.C21H22N6O/c29-26-25-24(23-15-18-5-1-3-7-21(18)32-23)33-27(35(25)14-11-30-26)17-9-12-34(13-10-17)28(36)20-16-31-22-8-4-2-6-19(20)22;1-35-20-8-6-18(7-9-20)27(34)32-13-10-17(11-14-32)26-31-23(24-25(28)29-12-15-33(24)26)22-16-19-4-2-3-5-21(19)30-22;1-13(28)26-9-6-14(7-10-26)21-25-18(19-20(22)23-8-11-27(19)21)17-12-15-4-2-3-5-16(15)24-17/h1-8,11,14-17,31-32H,9-10,12-13H2,(H2,29,30);2-9,12,15-17,30H,10-11,13-14H2,1H3,(H2,28,29);2-5,8,11-12,14,24H,6-7,9-10H2,1H3,(H2,22,23). The number of benzene rings is 5. The predicted molar refractivity (Wildman–Crippen MR) is 385 cm³/mol. The minimum Gasteiger partial charge on any atom is -0.497 e. The molecule has 0 aliphatic carbocycles. The Kier molecular flexibility index (Phi) is 16.0. The summed E-state index contributed by atoms with van der Waals surface area (Å²) in [6.07, 6.45) is 17.9. The van der Waals surface area contributed by atoms with Crippen molar-refractivity contribution in [3.63, 3.8) is 0 Å². The lowest BCUT2D eigenvalue weighted by atomic mass is 9.95. The first-order valence-corrected chi connectivity index (χ1v) is 33.6. The first-order valence-electron chi connectivity index (χ1n) is 33.6. The zero-order valence-electron chi connectivity index (χ0n) is 54.8. The highest BCUT2D eigenvalue weighted by Crippen LogP contribution is 2.40. The number of ether oxygens (including phenoxy) is 1.